The molecule has 2 bridgehead atoms. The van der Waals surface area contributed by atoms with Crippen molar-refractivity contribution in [3.05, 3.63) is 38.9 Å². The third-order valence-electron chi connectivity index (χ3n) is 6.73. The van der Waals surface area contributed by atoms with Gasteiger partial charge < -0.3 is 0 Å². The van der Waals surface area contributed by atoms with Crippen molar-refractivity contribution in [3.8, 4) is 6.07 Å². The highest BCUT2D eigenvalue weighted by Crippen LogP contribution is 2.52. The van der Waals surface area contributed by atoms with E-state index in [1.165, 1.54) is 19.4 Å². The Morgan fingerprint density at radius 3 is 2.83 bits per heavy atom. The van der Waals surface area contributed by atoms with E-state index in [2.05, 4.69) is 18.7 Å². The Hall–Kier alpha value is -1.93. The van der Waals surface area contributed by atoms with Gasteiger partial charge in [0.25, 0.3) is 5.69 Å². The summed E-state index contributed by atoms with van der Waals surface area (Å²) in [6, 6.07) is 6.08. The Balaban J connectivity index is 1.83. The van der Waals surface area contributed by atoms with Crippen molar-refractivity contribution < 1.29 is 4.92 Å². The van der Waals surface area contributed by atoms with Crippen molar-refractivity contribution in [3.63, 3.8) is 0 Å². The first-order chi connectivity index (χ1) is 11.5. The fourth-order valence-corrected chi connectivity index (χ4v) is 4.97. The number of nitrogens with zero attached hydrogens (tertiary/aromatic N) is 3. The SMILES string of the molecule is C[C@@H]1[C@H]2Cc3ccc(C#N)c([N+](=O)[O-])c3[C@]1(C)CCN2CC1CC1. The molecule has 3 aliphatic rings. The van der Waals surface area contributed by atoms with Gasteiger partial charge in [0.1, 0.15) is 11.6 Å². The van der Waals surface area contributed by atoms with Crippen molar-refractivity contribution in [2.24, 2.45) is 11.8 Å². The van der Waals surface area contributed by atoms with Crippen molar-refractivity contribution >= 4 is 5.69 Å². The quantitative estimate of drug-likeness (QED) is 0.631. The summed E-state index contributed by atoms with van der Waals surface area (Å²) in [6.45, 7) is 6.61. The lowest BCUT2D eigenvalue weighted by atomic mass is 9.58. The van der Waals surface area contributed by atoms with Crippen LogP contribution in [0.1, 0.15) is 49.8 Å². The molecular formula is C19H23N3O2. The Morgan fingerprint density at radius 2 is 2.21 bits per heavy atom. The highest BCUT2D eigenvalue weighted by Gasteiger charge is 2.52. The highest BCUT2D eigenvalue weighted by atomic mass is 16.6. The molecule has 126 valence electrons. The zero-order chi connectivity index (χ0) is 17.1. The molecule has 5 nitrogen and oxygen atoms in total. The number of nitro groups is 1. The third kappa shape index (κ3) is 2.16. The molecule has 0 aromatic heterocycles. The molecule has 24 heavy (non-hydrogen) atoms. The van der Waals surface area contributed by atoms with Crippen molar-refractivity contribution in [2.75, 3.05) is 13.1 Å². The summed E-state index contributed by atoms with van der Waals surface area (Å²) in [5, 5.41) is 21.1. The minimum atomic E-state index is -0.341. The number of nitriles is 1. The van der Waals surface area contributed by atoms with E-state index in [0.717, 1.165) is 36.4 Å². The molecule has 1 aliphatic heterocycles. The van der Waals surface area contributed by atoms with Gasteiger partial charge in [-0.25, -0.2) is 0 Å². The van der Waals surface area contributed by atoms with Gasteiger partial charge in [-0.3, -0.25) is 15.0 Å². The minimum Gasteiger partial charge on any atom is -0.299 e. The number of nitro benzene ring substituents is 1. The second-order valence-electron chi connectivity index (χ2n) is 8.03. The van der Waals surface area contributed by atoms with Gasteiger partial charge in [0.15, 0.2) is 0 Å². The normalized spacial score (nSPS) is 32.0. The topological polar surface area (TPSA) is 70.2 Å². The van der Waals surface area contributed by atoms with Crippen LogP contribution in [0.15, 0.2) is 12.1 Å². The van der Waals surface area contributed by atoms with Gasteiger partial charge >= 0.3 is 0 Å². The second kappa shape index (κ2) is 5.29. The molecule has 1 aromatic carbocycles. The van der Waals surface area contributed by atoms with Gasteiger partial charge in [0, 0.05) is 23.6 Å². The van der Waals surface area contributed by atoms with Crippen LogP contribution in [0.2, 0.25) is 0 Å². The number of piperidine rings is 1. The first-order valence-corrected chi connectivity index (χ1v) is 8.90. The number of fused-ring (bicyclic) bond motifs is 4. The molecule has 5 heteroatoms. The molecule has 0 N–H and O–H groups in total. The largest absolute Gasteiger partial charge is 0.299 e. The lowest BCUT2D eigenvalue weighted by Gasteiger charge is -2.54. The molecular weight excluding hydrogens is 302 g/mol. The number of hydrogen-bond donors (Lipinski definition) is 0. The molecule has 2 aliphatic carbocycles. The molecule has 0 amide bonds. The van der Waals surface area contributed by atoms with Crippen LogP contribution in [0.5, 0.6) is 0 Å². The standard InChI is InChI=1S/C19H23N3O2/c1-12-16-9-14-5-6-15(10-20)18(22(23)24)17(14)19(12,2)7-8-21(16)11-13-3-4-13/h5-6,12-13,16H,3-4,7-9,11H2,1-2H3/t12-,16-,19-/m1/s1. The van der Waals surface area contributed by atoms with Gasteiger partial charge in [-0.15, -0.1) is 0 Å². The van der Waals surface area contributed by atoms with Crippen LogP contribution < -0.4 is 0 Å². The van der Waals surface area contributed by atoms with E-state index in [1.807, 2.05) is 12.1 Å². The summed E-state index contributed by atoms with van der Waals surface area (Å²) in [4.78, 5) is 14.0. The maximum absolute atomic E-state index is 11.7. The van der Waals surface area contributed by atoms with E-state index in [0.29, 0.717) is 12.0 Å². The Bertz CT molecular complexity index is 750. The van der Waals surface area contributed by atoms with Crippen molar-refractivity contribution in [2.45, 2.75) is 51.0 Å². The zero-order valence-electron chi connectivity index (χ0n) is 14.3. The highest BCUT2D eigenvalue weighted by molar-refractivity contribution is 5.61. The maximum Gasteiger partial charge on any atom is 0.291 e. The maximum atomic E-state index is 11.7. The van der Waals surface area contributed by atoms with Gasteiger partial charge in [-0.05, 0) is 55.7 Å². The van der Waals surface area contributed by atoms with Crippen LogP contribution in [0, 0.1) is 33.3 Å². The van der Waals surface area contributed by atoms with E-state index in [9.17, 15) is 15.4 Å². The van der Waals surface area contributed by atoms with Gasteiger partial charge in [-0.2, -0.15) is 5.26 Å². The van der Waals surface area contributed by atoms with Crippen molar-refractivity contribution in [1.82, 2.24) is 4.90 Å². The summed E-state index contributed by atoms with van der Waals surface area (Å²) >= 11 is 0. The molecule has 0 spiro atoms. The monoisotopic (exact) mass is 325 g/mol. The van der Waals surface area contributed by atoms with Crippen LogP contribution in [-0.4, -0.2) is 29.0 Å². The Morgan fingerprint density at radius 1 is 1.46 bits per heavy atom. The molecule has 0 radical (unpaired) electrons. The summed E-state index contributed by atoms with van der Waals surface area (Å²) in [5.41, 5.74) is 1.95. The number of likely N-dealkylation sites (tertiary alicyclic amines) is 1. The van der Waals surface area contributed by atoms with Crippen molar-refractivity contribution in [1.29, 1.82) is 5.26 Å². The Kier molecular flexibility index (Phi) is 3.43. The first-order valence-electron chi connectivity index (χ1n) is 8.90. The predicted molar refractivity (Wildman–Crippen MR) is 90.7 cm³/mol. The lowest BCUT2D eigenvalue weighted by Crippen LogP contribution is -2.58. The number of rotatable bonds is 3. The van der Waals surface area contributed by atoms with Crippen LogP contribution >= 0.6 is 0 Å². The first kappa shape index (κ1) is 15.6. The lowest BCUT2D eigenvalue weighted by molar-refractivity contribution is -0.386. The van der Waals surface area contributed by atoms with E-state index < -0.39 is 0 Å². The summed E-state index contributed by atoms with van der Waals surface area (Å²) in [5.74, 6) is 1.23. The Labute approximate surface area is 142 Å². The molecule has 1 saturated heterocycles. The van der Waals surface area contributed by atoms with Crippen LogP contribution in [0.3, 0.4) is 0 Å². The fraction of sp³-hybridized carbons (Fsp3) is 0.632. The van der Waals surface area contributed by atoms with Gasteiger partial charge in [0.05, 0.1) is 4.92 Å². The molecule has 3 atom stereocenters. The second-order valence-corrected chi connectivity index (χ2v) is 8.03. The smallest absolute Gasteiger partial charge is 0.291 e. The molecule has 2 fully saturated rings. The van der Waals surface area contributed by atoms with E-state index in [1.54, 1.807) is 6.07 Å². The van der Waals surface area contributed by atoms with Crippen LogP contribution in [0.4, 0.5) is 5.69 Å². The average Bonchev–Trinajstić information content (AvgIpc) is 3.36. The van der Waals surface area contributed by atoms with E-state index in [-0.39, 0.29) is 21.6 Å². The predicted octanol–water partition coefficient (Wildman–Crippen LogP) is 3.40. The van der Waals surface area contributed by atoms with E-state index >= 15 is 0 Å². The summed E-state index contributed by atoms with van der Waals surface area (Å²) in [6.07, 6.45) is 4.50. The number of hydrogen-bond acceptors (Lipinski definition) is 4. The van der Waals surface area contributed by atoms with Crippen LogP contribution in [0.25, 0.3) is 0 Å². The zero-order valence-corrected chi connectivity index (χ0v) is 14.3. The summed E-state index contributed by atoms with van der Waals surface area (Å²) in [7, 11) is 0. The average molecular weight is 325 g/mol. The summed E-state index contributed by atoms with van der Waals surface area (Å²) < 4.78 is 0. The third-order valence-corrected chi connectivity index (χ3v) is 6.73. The van der Waals surface area contributed by atoms with Gasteiger partial charge in [-0.1, -0.05) is 19.9 Å². The molecule has 1 heterocycles. The van der Waals surface area contributed by atoms with Crippen LogP contribution in [-0.2, 0) is 11.8 Å². The minimum absolute atomic E-state index is 0.0541. The molecule has 4 rings (SSSR count). The number of benzene rings is 1. The molecule has 1 saturated carbocycles. The van der Waals surface area contributed by atoms with E-state index in [4.69, 9.17) is 0 Å². The molecule has 0 unspecified atom stereocenters. The molecule has 1 aromatic rings. The fourth-order valence-electron chi connectivity index (χ4n) is 4.97. The van der Waals surface area contributed by atoms with Gasteiger partial charge in [0.2, 0.25) is 0 Å².